The highest BCUT2D eigenvalue weighted by molar-refractivity contribution is 6.30. The van der Waals surface area contributed by atoms with Crippen LogP contribution in [0.1, 0.15) is 30.7 Å². The molecule has 0 spiro atoms. The van der Waals surface area contributed by atoms with Crippen LogP contribution in [-0.4, -0.2) is 31.5 Å². The third-order valence-electron chi connectivity index (χ3n) is 4.74. The lowest BCUT2D eigenvalue weighted by atomic mass is 9.96. The summed E-state index contributed by atoms with van der Waals surface area (Å²) in [5, 5.41) is 8.60. The Morgan fingerprint density at radius 3 is 2.81 bits per heavy atom. The fourth-order valence-corrected chi connectivity index (χ4v) is 3.60. The third kappa shape index (κ3) is 3.22. The Labute approximate surface area is 154 Å². The van der Waals surface area contributed by atoms with Gasteiger partial charge in [-0.15, -0.1) is 0 Å². The number of rotatable bonds is 4. The quantitative estimate of drug-likeness (QED) is 0.657. The van der Waals surface area contributed by atoms with Crippen LogP contribution in [-0.2, 0) is 16.1 Å². The van der Waals surface area contributed by atoms with Gasteiger partial charge in [0, 0.05) is 10.9 Å². The number of carbonyl (C=O) groups is 1. The van der Waals surface area contributed by atoms with Gasteiger partial charge in [0.2, 0.25) is 0 Å². The van der Waals surface area contributed by atoms with Crippen molar-refractivity contribution in [1.82, 2.24) is 19.4 Å². The van der Waals surface area contributed by atoms with Crippen LogP contribution in [0.3, 0.4) is 0 Å². The Hall–Kier alpha value is -2.67. The zero-order valence-corrected chi connectivity index (χ0v) is 14.7. The molecule has 0 N–H and O–H groups in total. The topological polar surface area (TPSA) is 78.5 Å². The van der Waals surface area contributed by atoms with E-state index in [1.54, 1.807) is 6.07 Å². The number of aromatic nitrogens is 4. The minimum atomic E-state index is -0.464. The van der Waals surface area contributed by atoms with Crippen LogP contribution in [0, 0.1) is 0 Å². The zero-order valence-electron chi connectivity index (χ0n) is 13.9. The van der Waals surface area contributed by atoms with E-state index in [4.69, 9.17) is 16.3 Å². The maximum atomic E-state index is 12.4. The first kappa shape index (κ1) is 16.8. The average Bonchev–Trinajstić information content (AvgIpc) is 3.28. The highest BCUT2D eigenvalue weighted by Gasteiger charge is 2.31. The van der Waals surface area contributed by atoms with Crippen molar-refractivity contribution in [3.63, 3.8) is 0 Å². The Morgan fingerprint density at radius 1 is 1.19 bits per heavy atom. The molecule has 134 valence electrons. The normalized spacial score (nSPS) is 19.7. The first-order valence-electron chi connectivity index (χ1n) is 8.46. The highest BCUT2D eigenvalue weighted by atomic mass is 35.5. The predicted molar refractivity (Wildman–Crippen MR) is 95.2 cm³/mol. The molecule has 7 nitrogen and oxygen atoms in total. The Morgan fingerprint density at radius 2 is 2.00 bits per heavy atom. The summed E-state index contributed by atoms with van der Waals surface area (Å²) in [5.74, 6) is -0.312. The smallest absolute Gasteiger partial charge is 0.328 e. The molecule has 1 fully saturated rings. The van der Waals surface area contributed by atoms with Crippen molar-refractivity contribution in [3.8, 4) is 0 Å². The van der Waals surface area contributed by atoms with Crippen LogP contribution in [0.25, 0.3) is 5.52 Å². The minimum absolute atomic E-state index is 0.151. The van der Waals surface area contributed by atoms with Crippen LogP contribution in [0.4, 0.5) is 0 Å². The minimum Gasteiger partial charge on any atom is -0.460 e. The van der Waals surface area contributed by atoms with Crippen molar-refractivity contribution >= 4 is 23.1 Å². The number of hydrogen-bond acceptors (Lipinski definition) is 5. The van der Waals surface area contributed by atoms with Crippen molar-refractivity contribution < 1.29 is 9.53 Å². The standard InChI is InChI=1S/C18H17ClN4O3/c19-13-6-4-12(5-7-13)14-2-1-3-16(14)26-17(24)10-22-18(25)15-8-9-20-23(15)11-21-22/h4-9,11,14,16H,1-3,10H2/t14-,16-/m1/s1. The van der Waals surface area contributed by atoms with Crippen molar-refractivity contribution in [2.24, 2.45) is 0 Å². The molecule has 3 aromatic rings. The van der Waals surface area contributed by atoms with E-state index in [1.807, 2.05) is 24.3 Å². The number of hydrogen-bond donors (Lipinski definition) is 0. The molecular weight excluding hydrogens is 356 g/mol. The summed E-state index contributed by atoms with van der Waals surface area (Å²) >= 11 is 5.95. The molecule has 2 heterocycles. The molecule has 2 atom stereocenters. The molecule has 0 amide bonds. The van der Waals surface area contributed by atoms with E-state index < -0.39 is 5.97 Å². The van der Waals surface area contributed by atoms with E-state index in [1.165, 1.54) is 17.0 Å². The molecule has 4 rings (SSSR count). The van der Waals surface area contributed by atoms with Gasteiger partial charge in [-0.1, -0.05) is 23.7 Å². The summed E-state index contributed by atoms with van der Waals surface area (Å²) in [7, 11) is 0. The first-order valence-corrected chi connectivity index (χ1v) is 8.84. The molecule has 1 aliphatic rings. The largest absolute Gasteiger partial charge is 0.460 e. The number of ether oxygens (including phenoxy) is 1. The van der Waals surface area contributed by atoms with Crippen LogP contribution in [0.2, 0.25) is 5.02 Å². The molecule has 1 aliphatic carbocycles. The monoisotopic (exact) mass is 372 g/mol. The van der Waals surface area contributed by atoms with Crippen LogP contribution in [0.5, 0.6) is 0 Å². The molecule has 8 heteroatoms. The Bertz CT molecular complexity index is 996. The highest BCUT2D eigenvalue weighted by Crippen LogP contribution is 2.37. The molecule has 0 bridgehead atoms. The lowest BCUT2D eigenvalue weighted by Crippen LogP contribution is -2.31. The summed E-state index contributed by atoms with van der Waals surface area (Å²) < 4.78 is 8.14. The second kappa shape index (κ2) is 6.92. The second-order valence-electron chi connectivity index (χ2n) is 6.37. The van der Waals surface area contributed by atoms with E-state index in [2.05, 4.69) is 10.2 Å². The molecule has 1 aromatic carbocycles. The SMILES string of the molecule is O=C(Cn1ncn2nccc2c1=O)O[C@@H]1CCC[C@@H]1c1ccc(Cl)cc1. The molecule has 0 saturated heterocycles. The number of fused-ring (bicyclic) bond motifs is 1. The van der Waals surface area contributed by atoms with Gasteiger partial charge >= 0.3 is 5.97 Å². The molecule has 1 saturated carbocycles. The van der Waals surface area contributed by atoms with Crippen LogP contribution < -0.4 is 5.56 Å². The number of nitrogens with zero attached hydrogens (tertiary/aromatic N) is 4. The summed E-state index contributed by atoms with van der Waals surface area (Å²) in [5.41, 5.74) is 1.11. The van der Waals surface area contributed by atoms with Crippen molar-refractivity contribution in [2.45, 2.75) is 37.8 Å². The second-order valence-corrected chi connectivity index (χ2v) is 6.81. The number of benzene rings is 1. The molecule has 0 radical (unpaired) electrons. The number of esters is 1. The maximum absolute atomic E-state index is 12.4. The van der Waals surface area contributed by atoms with Gasteiger partial charge in [-0.2, -0.15) is 10.2 Å². The maximum Gasteiger partial charge on any atom is 0.328 e. The summed E-state index contributed by atoms with van der Waals surface area (Å²) in [6, 6.07) is 9.22. The molecule has 0 aliphatic heterocycles. The van der Waals surface area contributed by atoms with Crippen LogP contribution >= 0.6 is 11.6 Å². The fourth-order valence-electron chi connectivity index (χ4n) is 3.47. The van der Waals surface area contributed by atoms with Crippen LogP contribution in [0.15, 0.2) is 47.7 Å². The van der Waals surface area contributed by atoms with Crippen molar-refractivity contribution in [3.05, 3.63) is 63.8 Å². The lowest BCUT2D eigenvalue weighted by Gasteiger charge is -2.20. The van der Waals surface area contributed by atoms with Gasteiger partial charge in [0.15, 0.2) is 0 Å². The van der Waals surface area contributed by atoms with Gasteiger partial charge in [-0.3, -0.25) is 9.59 Å². The first-order chi connectivity index (χ1) is 12.6. The van der Waals surface area contributed by atoms with E-state index in [-0.39, 0.29) is 24.1 Å². The van der Waals surface area contributed by atoms with E-state index in [9.17, 15) is 9.59 Å². The molecular formula is C18H17ClN4O3. The van der Waals surface area contributed by atoms with Gasteiger partial charge in [-0.05, 0) is 43.0 Å². The zero-order chi connectivity index (χ0) is 18.1. The molecule has 26 heavy (non-hydrogen) atoms. The lowest BCUT2D eigenvalue weighted by molar-refractivity contribution is -0.150. The third-order valence-corrected chi connectivity index (χ3v) is 4.99. The van der Waals surface area contributed by atoms with E-state index >= 15 is 0 Å². The van der Waals surface area contributed by atoms with Gasteiger partial charge in [0.05, 0.1) is 6.20 Å². The fraction of sp³-hybridized carbons (Fsp3) is 0.333. The molecule has 0 unspecified atom stereocenters. The van der Waals surface area contributed by atoms with Gasteiger partial charge in [0.25, 0.3) is 5.56 Å². The Kier molecular flexibility index (Phi) is 4.46. The predicted octanol–water partition coefficient (Wildman–Crippen LogP) is 2.42. The van der Waals surface area contributed by atoms with Crippen molar-refractivity contribution in [1.29, 1.82) is 0 Å². The van der Waals surface area contributed by atoms with Crippen molar-refractivity contribution in [2.75, 3.05) is 0 Å². The summed E-state index contributed by atoms with van der Waals surface area (Å²) in [6.07, 6.45) is 5.47. The number of halogens is 1. The van der Waals surface area contributed by atoms with Gasteiger partial charge in [0.1, 0.15) is 24.5 Å². The van der Waals surface area contributed by atoms with E-state index in [0.717, 1.165) is 29.5 Å². The van der Waals surface area contributed by atoms with E-state index in [0.29, 0.717) is 10.5 Å². The average molecular weight is 373 g/mol. The van der Waals surface area contributed by atoms with Gasteiger partial charge in [-0.25, -0.2) is 9.20 Å². The van der Waals surface area contributed by atoms with Gasteiger partial charge < -0.3 is 4.74 Å². The Balaban J connectivity index is 1.47. The number of carbonyl (C=O) groups excluding carboxylic acids is 1. The summed E-state index contributed by atoms with van der Waals surface area (Å²) in [4.78, 5) is 24.7. The molecule has 2 aromatic heterocycles. The summed E-state index contributed by atoms with van der Waals surface area (Å²) in [6.45, 7) is -0.218.